The van der Waals surface area contributed by atoms with Crippen LogP contribution in [0.1, 0.15) is 0 Å². The molecule has 0 atom stereocenters. The minimum Gasteiger partial charge on any atom is -0.395 e. The van der Waals surface area contributed by atoms with Crippen LogP contribution < -0.4 is 11.5 Å². The predicted molar refractivity (Wildman–Crippen MR) is 73.4 cm³/mol. The largest absolute Gasteiger partial charge is 0.395 e. The van der Waals surface area contributed by atoms with Crippen molar-refractivity contribution < 1.29 is 0 Å². The summed E-state index contributed by atoms with van der Waals surface area (Å²) >= 11 is 0. The van der Waals surface area contributed by atoms with Crippen LogP contribution in [0.4, 0.5) is 11.5 Å². The third kappa shape index (κ3) is 1.99. The molecule has 3 aromatic rings. The smallest absolute Gasteiger partial charge is 0.153 e. The molecule has 0 bridgehead atoms. The molecule has 0 unspecified atom stereocenters. The van der Waals surface area contributed by atoms with Gasteiger partial charge in [0.25, 0.3) is 0 Å². The zero-order valence-electron chi connectivity index (χ0n) is 10.1. The number of pyridine rings is 2. The van der Waals surface area contributed by atoms with E-state index in [-0.39, 0.29) is 0 Å². The average molecular weight is 252 g/mol. The van der Waals surface area contributed by atoms with Crippen LogP contribution in [0.15, 0.2) is 49.1 Å². The Kier molecular flexibility index (Phi) is 2.60. The van der Waals surface area contributed by atoms with Crippen LogP contribution in [0, 0.1) is 0 Å². The molecule has 0 radical (unpaired) electrons. The Bertz CT molecular complexity index is 704. The van der Waals surface area contributed by atoms with Gasteiger partial charge in [-0.3, -0.25) is 0 Å². The monoisotopic (exact) mass is 252 g/mol. The van der Waals surface area contributed by atoms with Crippen molar-refractivity contribution in [2.45, 2.75) is 0 Å². The van der Waals surface area contributed by atoms with E-state index in [1.54, 1.807) is 23.3 Å². The standard InChI is InChI=1S/C13H12N6/c14-12-10(4-6-17-13(12)15)9-7-18-19(8-9)11-3-1-2-5-16-11/h1-8H,14H2,(H2,15,17). The summed E-state index contributed by atoms with van der Waals surface area (Å²) in [5.41, 5.74) is 13.8. The van der Waals surface area contributed by atoms with Crippen molar-refractivity contribution >= 4 is 11.5 Å². The first-order valence-corrected chi connectivity index (χ1v) is 5.72. The molecular weight excluding hydrogens is 240 g/mol. The summed E-state index contributed by atoms with van der Waals surface area (Å²) in [5.74, 6) is 1.07. The number of aromatic nitrogens is 4. The van der Waals surface area contributed by atoms with Crippen molar-refractivity contribution in [3.05, 3.63) is 49.1 Å². The Balaban J connectivity index is 2.05. The number of hydrogen-bond acceptors (Lipinski definition) is 5. The molecule has 19 heavy (non-hydrogen) atoms. The molecule has 3 heterocycles. The highest BCUT2D eigenvalue weighted by atomic mass is 15.3. The Morgan fingerprint density at radius 2 is 1.89 bits per heavy atom. The first-order chi connectivity index (χ1) is 9.25. The summed E-state index contributed by atoms with van der Waals surface area (Å²) in [6, 6.07) is 7.45. The molecule has 0 amide bonds. The van der Waals surface area contributed by atoms with E-state index in [1.165, 1.54) is 0 Å². The molecule has 0 aromatic carbocycles. The summed E-state index contributed by atoms with van der Waals surface area (Å²) in [5, 5.41) is 4.27. The van der Waals surface area contributed by atoms with Crippen LogP contribution >= 0.6 is 0 Å². The lowest BCUT2D eigenvalue weighted by molar-refractivity contribution is 0.847. The highest BCUT2D eigenvalue weighted by Crippen LogP contribution is 2.28. The number of rotatable bonds is 2. The van der Waals surface area contributed by atoms with Gasteiger partial charge in [-0.1, -0.05) is 6.07 Å². The predicted octanol–water partition coefficient (Wildman–Crippen LogP) is 1.49. The van der Waals surface area contributed by atoms with E-state index in [1.807, 2.05) is 30.5 Å². The summed E-state index contributed by atoms with van der Waals surface area (Å²) in [6.45, 7) is 0. The molecule has 0 saturated carbocycles. The van der Waals surface area contributed by atoms with E-state index in [0.717, 1.165) is 16.9 Å². The van der Waals surface area contributed by atoms with Crippen LogP contribution in [-0.2, 0) is 0 Å². The highest BCUT2D eigenvalue weighted by Gasteiger charge is 2.09. The van der Waals surface area contributed by atoms with Gasteiger partial charge in [-0.25, -0.2) is 14.6 Å². The molecule has 94 valence electrons. The van der Waals surface area contributed by atoms with Gasteiger partial charge in [-0.05, 0) is 18.2 Å². The fourth-order valence-electron chi connectivity index (χ4n) is 1.82. The van der Waals surface area contributed by atoms with Crippen molar-refractivity contribution in [2.75, 3.05) is 11.5 Å². The second-order valence-corrected chi connectivity index (χ2v) is 4.02. The normalized spacial score (nSPS) is 10.5. The van der Waals surface area contributed by atoms with Crippen LogP contribution in [0.3, 0.4) is 0 Å². The summed E-state index contributed by atoms with van der Waals surface area (Å²) < 4.78 is 1.69. The molecular formula is C13H12N6. The molecule has 0 aliphatic heterocycles. The Labute approximate surface area is 109 Å². The van der Waals surface area contributed by atoms with Crippen LogP contribution in [0.5, 0.6) is 0 Å². The van der Waals surface area contributed by atoms with Gasteiger partial charge in [0.15, 0.2) is 5.82 Å². The van der Waals surface area contributed by atoms with E-state index in [9.17, 15) is 0 Å². The minimum absolute atomic E-state index is 0.322. The van der Waals surface area contributed by atoms with Gasteiger partial charge < -0.3 is 11.5 Å². The first kappa shape index (κ1) is 11.2. The Morgan fingerprint density at radius 3 is 2.68 bits per heavy atom. The molecule has 3 aromatic heterocycles. The van der Waals surface area contributed by atoms with Gasteiger partial charge in [0.1, 0.15) is 5.82 Å². The third-order valence-corrected chi connectivity index (χ3v) is 2.80. The van der Waals surface area contributed by atoms with Crippen LogP contribution in [0.2, 0.25) is 0 Å². The number of hydrogen-bond donors (Lipinski definition) is 2. The second kappa shape index (κ2) is 4.41. The van der Waals surface area contributed by atoms with Gasteiger partial charge in [0.2, 0.25) is 0 Å². The highest BCUT2D eigenvalue weighted by molar-refractivity contribution is 5.81. The SMILES string of the molecule is Nc1nccc(-c2cnn(-c3ccccn3)c2)c1N. The topological polar surface area (TPSA) is 95.6 Å². The van der Waals surface area contributed by atoms with Gasteiger partial charge >= 0.3 is 0 Å². The van der Waals surface area contributed by atoms with Crippen molar-refractivity contribution in [1.29, 1.82) is 0 Å². The van der Waals surface area contributed by atoms with Crippen molar-refractivity contribution in [3.63, 3.8) is 0 Å². The van der Waals surface area contributed by atoms with Crippen LogP contribution in [0.25, 0.3) is 16.9 Å². The summed E-state index contributed by atoms with van der Waals surface area (Å²) in [6.07, 6.45) is 6.92. The lowest BCUT2D eigenvalue weighted by Crippen LogP contribution is -1.99. The van der Waals surface area contributed by atoms with E-state index in [2.05, 4.69) is 15.1 Å². The molecule has 3 rings (SSSR count). The maximum atomic E-state index is 5.92. The molecule has 0 saturated heterocycles. The molecule has 0 fully saturated rings. The van der Waals surface area contributed by atoms with Gasteiger partial charge in [-0.15, -0.1) is 0 Å². The average Bonchev–Trinajstić information content (AvgIpc) is 2.92. The van der Waals surface area contributed by atoms with Crippen LogP contribution in [-0.4, -0.2) is 19.7 Å². The number of nitrogen functional groups attached to an aromatic ring is 2. The zero-order valence-corrected chi connectivity index (χ0v) is 10.1. The van der Waals surface area contributed by atoms with Crippen molar-refractivity contribution in [3.8, 4) is 16.9 Å². The molecule has 0 spiro atoms. The quantitative estimate of drug-likeness (QED) is 0.720. The minimum atomic E-state index is 0.322. The molecule has 0 aliphatic rings. The number of nitrogens with zero attached hydrogens (tertiary/aromatic N) is 4. The van der Waals surface area contributed by atoms with E-state index < -0.39 is 0 Å². The van der Waals surface area contributed by atoms with Gasteiger partial charge in [-0.2, -0.15) is 5.10 Å². The van der Waals surface area contributed by atoms with E-state index in [4.69, 9.17) is 11.5 Å². The van der Waals surface area contributed by atoms with Crippen molar-refractivity contribution in [2.24, 2.45) is 0 Å². The first-order valence-electron chi connectivity index (χ1n) is 5.72. The lowest BCUT2D eigenvalue weighted by atomic mass is 10.1. The second-order valence-electron chi connectivity index (χ2n) is 4.02. The fraction of sp³-hybridized carbons (Fsp3) is 0. The molecule has 6 nitrogen and oxygen atoms in total. The fourth-order valence-corrected chi connectivity index (χ4v) is 1.82. The molecule has 6 heteroatoms. The summed E-state index contributed by atoms with van der Waals surface area (Å²) in [4.78, 5) is 8.17. The number of anilines is 2. The van der Waals surface area contributed by atoms with Crippen molar-refractivity contribution in [1.82, 2.24) is 19.7 Å². The third-order valence-electron chi connectivity index (χ3n) is 2.80. The summed E-state index contributed by atoms with van der Waals surface area (Å²) in [7, 11) is 0. The molecule has 4 N–H and O–H groups in total. The maximum absolute atomic E-state index is 5.92. The maximum Gasteiger partial charge on any atom is 0.153 e. The number of nitrogens with two attached hydrogens (primary N) is 2. The Hall–Kier alpha value is -2.89. The zero-order chi connectivity index (χ0) is 13.2. The molecule has 0 aliphatic carbocycles. The van der Waals surface area contributed by atoms with E-state index in [0.29, 0.717) is 11.5 Å². The lowest BCUT2D eigenvalue weighted by Gasteiger charge is -2.04. The van der Waals surface area contributed by atoms with Gasteiger partial charge in [0, 0.05) is 29.7 Å². The van der Waals surface area contributed by atoms with Gasteiger partial charge in [0.05, 0.1) is 11.9 Å². The van der Waals surface area contributed by atoms with E-state index >= 15 is 0 Å². The Morgan fingerprint density at radius 1 is 1.00 bits per heavy atom.